The minimum atomic E-state index is -1.56. The molecule has 0 saturated carbocycles. The van der Waals surface area contributed by atoms with Gasteiger partial charge in [0.25, 0.3) is 0 Å². The number of amides is 1. The molecule has 0 aromatic heterocycles. The van der Waals surface area contributed by atoms with Gasteiger partial charge in [0.05, 0.1) is 12.9 Å². The summed E-state index contributed by atoms with van der Waals surface area (Å²) in [5, 5.41) is -0.483. The number of benzene rings is 2. The molecule has 32 heavy (non-hydrogen) atoms. The number of nitrogens with zero attached hydrogens (tertiary/aromatic N) is 1. The molecule has 1 fully saturated rings. The van der Waals surface area contributed by atoms with Gasteiger partial charge in [-0.2, -0.15) is 0 Å². The molecule has 0 N–H and O–H groups in total. The molecule has 0 aliphatic carbocycles. The van der Waals surface area contributed by atoms with Crippen molar-refractivity contribution >= 4 is 23.8 Å². The van der Waals surface area contributed by atoms with Crippen LogP contribution in [0.25, 0.3) is 0 Å². The number of hydrogen-bond donors (Lipinski definition) is 0. The Balaban J connectivity index is 1.83. The molecule has 172 valence electrons. The zero-order valence-electron chi connectivity index (χ0n) is 17.9. The number of carbonyl (C=O) groups is 2. The third-order valence-corrected chi connectivity index (χ3v) is 5.68. The van der Waals surface area contributed by atoms with Gasteiger partial charge in [-0.15, -0.1) is 11.8 Å². The van der Waals surface area contributed by atoms with Crippen LogP contribution in [0, 0.1) is 17.5 Å². The second-order valence-electron chi connectivity index (χ2n) is 8.04. The predicted octanol–water partition coefficient (Wildman–Crippen LogP) is 5.20. The largest absolute Gasteiger partial charge is 0.514 e. The van der Waals surface area contributed by atoms with Crippen LogP contribution in [0.15, 0.2) is 30.3 Å². The highest BCUT2D eigenvalue weighted by molar-refractivity contribution is 8.00. The molecular formula is C22H22F3NO5S. The van der Waals surface area contributed by atoms with Crippen molar-refractivity contribution in [2.45, 2.75) is 38.3 Å². The molecule has 2 aromatic rings. The van der Waals surface area contributed by atoms with Crippen molar-refractivity contribution in [2.24, 2.45) is 0 Å². The summed E-state index contributed by atoms with van der Waals surface area (Å²) in [6.45, 7) is 5.01. The predicted molar refractivity (Wildman–Crippen MR) is 112 cm³/mol. The van der Waals surface area contributed by atoms with Gasteiger partial charge < -0.3 is 19.1 Å². The van der Waals surface area contributed by atoms with Gasteiger partial charge >= 0.3 is 6.16 Å². The monoisotopic (exact) mass is 469 g/mol. The molecule has 3 rings (SSSR count). The van der Waals surface area contributed by atoms with E-state index in [0.717, 1.165) is 12.1 Å². The summed E-state index contributed by atoms with van der Waals surface area (Å²) >= 11 is 1.32. The zero-order chi connectivity index (χ0) is 23.6. The maximum Gasteiger partial charge on any atom is 0.514 e. The first kappa shape index (κ1) is 23.8. The molecule has 6 nitrogen and oxygen atoms in total. The Morgan fingerprint density at radius 1 is 1.12 bits per heavy atom. The highest BCUT2D eigenvalue weighted by Crippen LogP contribution is 2.42. The van der Waals surface area contributed by atoms with E-state index in [1.807, 2.05) is 0 Å². The normalized spacial score (nSPS) is 16.3. The standard InChI is InChI=1S/C22H22F3NO5S/c1-22(2,3)31-21(28)30-16-6-5-13(9-17(16)29-4)20-26(18(27)11-32-20)10-12-7-14(23)19(25)15(24)8-12/h5-9,20H,10-11H2,1-4H3. The lowest BCUT2D eigenvalue weighted by molar-refractivity contribution is -0.128. The Hall–Kier alpha value is -2.88. The third kappa shape index (κ3) is 5.48. The van der Waals surface area contributed by atoms with Crippen LogP contribution in [-0.4, -0.2) is 35.4 Å². The maximum absolute atomic E-state index is 13.6. The Labute approximate surface area is 187 Å². The summed E-state index contributed by atoms with van der Waals surface area (Å²) < 4.78 is 56.1. The second-order valence-corrected chi connectivity index (χ2v) is 9.10. The lowest BCUT2D eigenvalue weighted by Crippen LogP contribution is -2.28. The third-order valence-electron chi connectivity index (χ3n) is 4.42. The van der Waals surface area contributed by atoms with E-state index in [4.69, 9.17) is 14.2 Å². The number of ether oxygens (including phenoxy) is 3. The topological polar surface area (TPSA) is 65.1 Å². The van der Waals surface area contributed by atoms with E-state index in [1.54, 1.807) is 32.9 Å². The van der Waals surface area contributed by atoms with Crippen molar-refractivity contribution in [1.82, 2.24) is 4.90 Å². The molecule has 0 bridgehead atoms. The number of thioether (sulfide) groups is 1. The van der Waals surface area contributed by atoms with Crippen molar-refractivity contribution < 1.29 is 37.0 Å². The maximum atomic E-state index is 13.6. The molecule has 1 amide bonds. The Bertz CT molecular complexity index is 1020. The quantitative estimate of drug-likeness (QED) is 0.341. The van der Waals surface area contributed by atoms with Crippen LogP contribution in [0.2, 0.25) is 0 Å². The summed E-state index contributed by atoms with van der Waals surface area (Å²) in [5.41, 5.74) is 0.0432. The van der Waals surface area contributed by atoms with E-state index >= 15 is 0 Å². The molecule has 1 aliphatic rings. The summed E-state index contributed by atoms with van der Waals surface area (Å²) in [4.78, 5) is 25.8. The Morgan fingerprint density at radius 3 is 2.38 bits per heavy atom. The highest BCUT2D eigenvalue weighted by atomic mass is 32.2. The fraction of sp³-hybridized carbons (Fsp3) is 0.364. The van der Waals surface area contributed by atoms with Gasteiger partial charge in [0, 0.05) is 6.54 Å². The Kier molecular flexibility index (Phi) is 6.92. The fourth-order valence-electron chi connectivity index (χ4n) is 3.08. The lowest BCUT2D eigenvalue weighted by atomic mass is 10.1. The van der Waals surface area contributed by atoms with E-state index in [0.29, 0.717) is 5.56 Å². The number of halogens is 3. The number of hydrogen-bond acceptors (Lipinski definition) is 6. The van der Waals surface area contributed by atoms with Crippen molar-refractivity contribution in [3.8, 4) is 11.5 Å². The first-order valence-electron chi connectivity index (χ1n) is 9.61. The van der Waals surface area contributed by atoms with E-state index in [9.17, 15) is 22.8 Å². The van der Waals surface area contributed by atoms with Gasteiger partial charge in [-0.1, -0.05) is 6.07 Å². The summed E-state index contributed by atoms with van der Waals surface area (Å²) in [7, 11) is 1.40. The molecule has 1 aliphatic heterocycles. The average Bonchev–Trinajstić information content (AvgIpc) is 3.05. The van der Waals surface area contributed by atoms with Crippen LogP contribution < -0.4 is 9.47 Å². The fourth-order valence-corrected chi connectivity index (χ4v) is 4.26. The highest BCUT2D eigenvalue weighted by Gasteiger charge is 2.34. The molecule has 0 spiro atoms. The summed E-state index contributed by atoms with van der Waals surface area (Å²) in [6, 6.07) is 6.50. The molecular weight excluding hydrogens is 447 g/mol. The molecule has 2 aromatic carbocycles. The van der Waals surface area contributed by atoms with Gasteiger partial charge in [-0.25, -0.2) is 18.0 Å². The molecule has 1 unspecified atom stereocenters. The van der Waals surface area contributed by atoms with Crippen LogP contribution in [0.3, 0.4) is 0 Å². The van der Waals surface area contributed by atoms with Crippen LogP contribution in [0.5, 0.6) is 11.5 Å². The minimum absolute atomic E-state index is 0.108. The van der Waals surface area contributed by atoms with E-state index in [2.05, 4.69) is 0 Å². The lowest BCUT2D eigenvalue weighted by Gasteiger charge is -2.25. The van der Waals surface area contributed by atoms with E-state index in [-0.39, 0.29) is 35.3 Å². The van der Waals surface area contributed by atoms with Gasteiger partial charge in [-0.05, 0) is 56.2 Å². The van der Waals surface area contributed by atoms with Gasteiger partial charge in [-0.3, -0.25) is 4.79 Å². The molecule has 10 heteroatoms. The van der Waals surface area contributed by atoms with Crippen LogP contribution in [0.1, 0.15) is 37.3 Å². The number of rotatable bonds is 5. The van der Waals surface area contributed by atoms with Gasteiger partial charge in [0.1, 0.15) is 11.0 Å². The van der Waals surface area contributed by atoms with Crippen LogP contribution in [-0.2, 0) is 16.1 Å². The second kappa shape index (κ2) is 9.32. The van der Waals surface area contributed by atoms with Crippen molar-refractivity contribution in [1.29, 1.82) is 0 Å². The van der Waals surface area contributed by atoms with Crippen molar-refractivity contribution in [3.63, 3.8) is 0 Å². The van der Waals surface area contributed by atoms with Crippen LogP contribution in [0.4, 0.5) is 18.0 Å². The first-order valence-corrected chi connectivity index (χ1v) is 10.7. The zero-order valence-corrected chi connectivity index (χ0v) is 18.7. The molecule has 1 saturated heterocycles. The van der Waals surface area contributed by atoms with Crippen LogP contribution >= 0.6 is 11.8 Å². The van der Waals surface area contributed by atoms with Gasteiger partial charge in [0.2, 0.25) is 5.91 Å². The smallest absolute Gasteiger partial charge is 0.493 e. The number of methoxy groups -OCH3 is 1. The van der Waals surface area contributed by atoms with Crippen molar-refractivity contribution in [3.05, 3.63) is 58.9 Å². The summed E-state index contributed by atoms with van der Waals surface area (Å²) in [6.07, 6.45) is -0.893. The average molecular weight is 469 g/mol. The minimum Gasteiger partial charge on any atom is -0.493 e. The van der Waals surface area contributed by atoms with E-state index in [1.165, 1.54) is 29.8 Å². The van der Waals surface area contributed by atoms with Gasteiger partial charge in [0.15, 0.2) is 29.0 Å². The van der Waals surface area contributed by atoms with E-state index < -0.39 is 34.6 Å². The molecule has 1 heterocycles. The molecule has 0 radical (unpaired) electrons. The SMILES string of the molecule is COc1cc(C2SCC(=O)N2Cc2cc(F)c(F)c(F)c2)ccc1OC(=O)OC(C)(C)C. The summed E-state index contributed by atoms with van der Waals surface area (Å²) in [5.74, 6) is -3.89. The first-order chi connectivity index (χ1) is 15.0. The van der Waals surface area contributed by atoms with Crippen molar-refractivity contribution in [2.75, 3.05) is 12.9 Å². The molecule has 1 atom stereocenters. The number of carbonyl (C=O) groups excluding carboxylic acids is 2. The Morgan fingerprint density at radius 2 is 1.78 bits per heavy atom.